The number of aliphatic hydroxyl groups excluding tert-OH is 1. The fourth-order valence-electron chi connectivity index (χ4n) is 2.22. The molecule has 0 fully saturated rings. The zero-order chi connectivity index (χ0) is 15.2. The van der Waals surface area contributed by atoms with Gasteiger partial charge in [-0.25, -0.2) is 4.98 Å². The third-order valence-corrected chi connectivity index (χ3v) is 4.33. The van der Waals surface area contributed by atoms with E-state index in [1.807, 2.05) is 44.2 Å². The van der Waals surface area contributed by atoms with Gasteiger partial charge in [0.1, 0.15) is 4.88 Å². The molecule has 5 heteroatoms. The highest BCUT2D eigenvalue weighted by atomic mass is 32.1. The van der Waals surface area contributed by atoms with Gasteiger partial charge in [0.25, 0.3) is 5.91 Å². The van der Waals surface area contributed by atoms with Crippen molar-refractivity contribution in [3.05, 3.63) is 51.5 Å². The lowest BCUT2D eigenvalue weighted by atomic mass is 10.1. The summed E-state index contributed by atoms with van der Waals surface area (Å²) in [4.78, 5) is 19.3. The smallest absolute Gasteiger partial charge is 0.265 e. The van der Waals surface area contributed by atoms with Gasteiger partial charge in [0.2, 0.25) is 0 Å². The first-order valence-corrected chi connectivity index (χ1v) is 7.81. The molecule has 0 bridgehead atoms. The SMILES string of the molecule is Cc1nc(C)c(C(=O)N(CCO)CCc2ccccc2)s1. The van der Waals surface area contributed by atoms with Crippen LogP contribution in [0, 0.1) is 13.8 Å². The predicted molar refractivity (Wildman–Crippen MR) is 84.7 cm³/mol. The van der Waals surface area contributed by atoms with Crippen molar-refractivity contribution < 1.29 is 9.90 Å². The van der Waals surface area contributed by atoms with E-state index in [4.69, 9.17) is 0 Å². The van der Waals surface area contributed by atoms with E-state index in [9.17, 15) is 9.90 Å². The van der Waals surface area contributed by atoms with Crippen LogP contribution in [0.4, 0.5) is 0 Å². The van der Waals surface area contributed by atoms with Crippen LogP contribution in [0.3, 0.4) is 0 Å². The Morgan fingerprint density at radius 1 is 1.24 bits per heavy atom. The van der Waals surface area contributed by atoms with Crippen LogP contribution in [-0.4, -0.2) is 40.6 Å². The highest BCUT2D eigenvalue weighted by Gasteiger charge is 2.20. The molecule has 1 N–H and O–H groups in total. The van der Waals surface area contributed by atoms with Crippen molar-refractivity contribution in [1.29, 1.82) is 0 Å². The number of nitrogens with zero attached hydrogens (tertiary/aromatic N) is 2. The monoisotopic (exact) mass is 304 g/mol. The zero-order valence-corrected chi connectivity index (χ0v) is 13.2. The van der Waals surface area contributed by atoms with Crippen LogP contribution >= 0.6 is 11.3 Å². The molecule has 0 saturated carbocycles. The van der Waals surface area contributed by atoms with Crippen LogP contribution in [0.2, 0.25) is 0 Å². The minimum atomic E-state index is -0.0388. The summed E-state index contributed by atoms with van der Waals surface area (Å²) in [7, 11) is 0. The van der Waals surface area contributed by atoms with Crippen LogP contribution in [0.5, 0.6) is 0 Å². The number of carbonyl (C=O) groups is 1. The number of aromatic nitrogens is 1. The van der Waals surface area contributed by atoms with E-state index < -0.39 is 0 Å². The molecular formula is C16H20N2O2S. The first-order chi connectivity index (χ1) is 10.1. The average Bonchev–Trinajstić information content (AvgIpc) is 2.82. The standard InChI is InChI=1S/C16H20N2O2S/c1-12-15(21-13(2)17-12)16(20)18(10-11-19)9-8-14-6-4-3-5-7-14/h3-7,19H,8-11H2,1-2H3. The number of amides is 1. The van der Waals surface area contributed by atoms with E-state index in [-0.39, 0.29) is 12.5 Å². The molecule has 0 spiro atoms. The van der Waals surface area contributed by atoms with Gasteiger partial charge in [0.15, 0.2) is 0 Å². The summed E-state index contributed by atoms with van der Waals surface area (Å²) in [6.07, 6.45) is 0.781. The number of hydrogen-bond donors (Lipinski definition) is 1. The van der Waals surface area contributed by atoms with Gasteiger partial charge < -0.3 is 10.0 Å². The molecule has 0 unspecified atom stereocenters. The Morgan fingerprint density at radius 2 is 1.95 bits per heavy atom. The Labute approximate surface area is 129 Å². The number of hydrogen-bond acceptors (Lipinski definition) is 4. The topological polar surface area (TPSA) is 53.4 Å². The molecule has 1 amide bonds. The van der Waals surface area contributed by atoms with Gasteiger partial charge >= 0.3 is 0 Å². The average molecular weight is 304 g/mol. The number of aryl methyl sites for hydroxylation is 2. The molecule has 0 aliphatic carbocycles. The molecule has 0 radical (unpaired) electrons. The summed E-state index contributed by atoms with van der Waals surface area (Å²) in [5.41, 5.74) is 1.95. The van der Waals surface area contributed by atoms with Crippen LogP contribution in [0.1, 0.15) is 25.9 Å². The van der Waals surface area contributed by atoms with E-state index in [1.165, 1.54) is 16.9 Å². The van der Waals surface area contributed by atoms with E-state index >= 15 is 0 Å². The maximum absolute atomic E-state index is 12.6. The summed E-state index contributed by atoms with van der Waals surface area (Å²) in [5.74, 6) is -0.0388. The molecule has 2 aromatic rings. The maximum atomic E-state index is 12.6. The molecule has 4 nitrogen and oxygen atoms in total. The molecule has 112 valence electrons. The van der Waals surface area contributed by atoms with Gasteiger partial charge in [-0.1, -0.05) is 30.3 Å². The third kappa shape index (κ3) is 4.12. The fourth-order valence-corrected chi connectivity index (χ4v) is 3.11. The molecule has 1 aromatic heterocycles. The molecule has 21 heavy (non-hydrogen) atoms. The Morgan fingerprint density at radius 3 is 2.52 bits per heavy atom. The van der Waals surface area contributed by atoms with E-state index in [1.54, 1.807) is 4.90 Å². The maximum Gasteiger partial charge on any atom is 0.265 e. The second-order valence-electron chi connectivity index (χ2n) is 4.90. The van der Waals surface area contributed by atoms with Crippen molar-refractivity contribution in [2.75, 3.05) is 19.7 Å². The first kappa shape index (κ1) is 15.7. The molecular weight excluding hydrogens is 284 g/mol. The molecule has 2 rings (SSSR count). The van der Waals surface area contributed by atoms with Crippen molar-refractivity contribution in [2.45, 2.75) is 20.3 Å². The largest absolute Gasteiger partial charge is 0.395 e. The van der Waals surface area contributed by atoms with Crippen LogP contribution in [0.25, 0.3) is 0 Å². The van der Waals surface area contributed by atoms with Gasteiger partial charge in [-0.15, -0.1) is 11.3 Å². The lowest BCUT2D eigenvalue weighted by Crippen LogP contribution is -2.35. The van der Waals surface area contributed by atoms with Gasteiger partial charge in [-0.3, -0.25) is 4.79 Å². The van der Waals surface area contributed by atoms with Gasteiger partial charge in [0, 0.05) is 13.1 Å². The number of rotatable bonds is 6. The predicted octanol–water partition coefficient (Wildman–Crippen LogP) is 2.44. The molecule has 1 heterocycles. The quantitative estimate of drug-likeness (QED) is 0.892. The van der Waals surface area contributed by atoms with Crippen molar-refractivity contribution >= 4 is 17.2 Å². The minimum Gasteiger partial charge on any atom is -0.395 e. The summed E-state index contributed by atoms with van der Waals surface area (Å²) in [6.45, 7) is 4.67. The Hall–Kier alpha value is -1.72. The zero-order valence-electron chi connectivity index (χ0n) is 12.4. The molecule has 0 aliphatic rings. The molecule has 0 aliphatic heterocycles. The molecule has 1 aromatic carbocycles. The second-order valence-corrected chi connectivity index (χ2v) is 6.10. The van der Waals surface area contributed by atoms with Crippen molar-refractivity contribution in [3.63, 3.8) is 0 Å². The van der Waals surface area contributed by atoms with Gasteiger partial charge in [-0.2, -0.15) is 0 Å². The summed E-state index contributed by atoms with van der Waals surface area (Å²) in [6, 6.07) is 10.0. The Bertz CT molecular complexity index is 596. The molecule has 0 atom stereocenters. The van der Waals surface area contributed by atoms with Crippen LogP contribution in [-0.2, 0) is 6.42 Å². The van der Waals surface area contributed by atoms with Gasteiger partial charge in [-0.05, 0) is 25.8 Å². The van der Waals surface area contributed by atoms with Crippen molar-refractivity contribution in [1.82, 2.24) is 9.88 Å². The Balaban J connectivity index is 2.07. The highest BCUT2D eigenvalue weighted by Crippen LogP contribution is 2.19. The van der Waals surface area contributed by atoms with E-state index in [0.717, 1.165) is 17.1 Å². The number of benzene rings is 1. The summed E-state index contributed by atoms with van der Waals surface area (Å²) < 4.78 is 0. The van der Waals surface area contributed by atoms with Crippen molar-refractivity contribution in [2.24, 2.45) is 0 Å². The second kappa shape index (κ2) is 7.33. The van der Waals surface area contributed by atoms with Crippen LogP contribution in [0.15, 0.2) is 30.3 Å². The van der Waals surface area contributed by atoms with E-state index in [0.29, 0.717) is 18.0 Å². The number of thiazole rings is 1. The minimum absolute atomic E-state index is 0.0304. The normalized spacial score (nSPS) is 10.6. The van der Waals surface area contributed by atoms with Gasteiger partial charge in [0.05, 0.1) is 17.3 Å². The van der Waals surface area contributed by atoms with E-state index in [2.05, 4.69) is 4.98 Å². The summed E-state index contributed by atoms with van der Waals surface area (Å²) in [5, 5.41) is 10.1. The highest BCUT2D eigenvalue weighted by molar-refractivity contribution is 7.13. The molecule has 0 saturated heterocycles. The van der Waals surface area contributed by atoms with Crippen molar-refractivity contribution in [3.8, 4) is 0 Å². The van der Waals surface area contributed by atoms with Crippen LogP contribution < -0.4 is 0 Å². The number of aliphatic hydroxyl groups is 1. The lowest BCUT2D eigenvalue weighted by Gasteiger charge is -2.21. The first-order valence-electron chi connectivity index (χ1n) is 7.00. The third-order valence-electron chi connectivity index (χ3n) is 3.27. The summed E-state index contributed by atoms with van der Waals surface area (Å²) >= 11 is 1.41. The lowest BCUT2D eigenvalue weighted by molar-refractivity contribution is 0.0728. The Kier molecular flexibility index (Phi) is 5.47. The number of carbonyl (C=O) groups excluding carboxylic acids is 1. The fraction of sp³-hybridized carbons (Fsp3) is 0.375.